The number of rotatable bonds is 3. The fraction of sp³-hybridized carbons (Fsp3) is 0.125. The second-order valence-electron chi connectivity index (χ2n) is 2.88. The highest BCUT2D eigenvalue weighted by Gasteiger charge is 2.12. The van der Waals surface area contributed by atoms with Gasteiger partial charge in [0.15, 0.2) is 5.82 Å². The Labute approximate surface area is 107 Å². The van der Waals surface area contributed by atoms with E-state index in [1.165, 1.54) is 17.9 Å². The fourth-order valence-electron chi connectivity index (χ4n) is 1.17. The average molecular weight is 271 g/mol. The van der Waals surface area contributed by atoms with E-state index in [2.05, 4.69) is 19.9 Å². The molecule has 2 aromatic rings. The van der Waals surface area contributed by atoms with Crippen LogP contribution in [-0.4, -0.2) is 36.6 Å². The summed E-state index contributed by atoms with van der Waals surface area (Å²) < 4.78 is 6.39. The van der Waals surface area contributed by atoms with Crippen LogP contribution in [0, 0.1) is 0 Å². The summed E-state index contributed by atoms with van der Waals surface area (Å²) >= 11 is 10.6. The van der Waals surface area contributed by atoms with Gasteiger partial charge in [-0.2, -0.15) is 15.0 Å². The van der Waals surface area contributed by atoms with Crippen molar-refractivity contribution in [2.45, 2.75) is 0 Å². The largest absolute Gasteiger partial charge is 0.467 e. The standard InChI is InChI=1S/C8H7ClN6OS/c1-16-8-13-6(9)12-7(14-8)15-3-2-11-5(15)4(10)17/h2-3H,1H3,(H2,10,17). The van der Waals surface area contributed by atoms with Crippen molar-refractivity contribution in [2.24, 2.45) is 5.73 Å². The Hall–Kier alpha value is -1.80. The molecule has 0 atom stereocenters. The lowest BCUT2D eigenvalue weighted by Crippen LogP contribution is -2.17. The van der Waals surface area contributed by atoms with E-state index in [9.17, 15) is 0 Å². The van der Waals surface area contributed by atoms with Gasteiger partial charge in [0, 0.05) is 12.4 Å². The lowest BCUT2D eigenvalue weighted by Gasteiger charge is -2.05. The number of thiocarbonyl (C=S) groups is 1. The molecule has 0 aromatic carbocycles. The molecule has 0 saturated heterocycles. The summed E-state index contributed by atoms with van der Waals surface area (Å²) in [4.78, 5) is 15.8. The highest BCUT2D eigenvalue weighted by atomic mass is 35.5. The van der Waals surface area contributed by atoms with Crippen LogP contribution in [0.5, 0.6) is 6.01 Å². The lowest BCUT2D eigenvalue weighted by atomic mass is 10.6. The molecular formula is C8H7ClN6OS. The minimum Gasteiger partial charge on any atom is -0.467 e. The molecule has 2 N–H and O–H groups in total. The van der Waals surface area contributed by atoms with Crippen LogP contribution in [-0.2, 0) is 0 Å². The minimum atomic E-state index is 0.00874. The van der Waals surface area contributed by atoms with Crippen LogP contribution in [0.2, 0.25) is 5.28 Å². The first-order valence-corrected chi connectivity index (χ1v) is 5.19. The van der Waals surface area contributed by atoms with Crippen molar-refractivity contribution in [3.8, 4) is 12.0 Å². The van der Waals surface area contributed by atoms with Crippen LogP contribution in [0.25, 0.3) is 5.95 Å². The van der Waals surface area contributed by atoms with Crippen molar-refractivity contribution < 1.29 is 4.74 Å². The number of methoxy groups -OCH3 is 1. The molecule has 0 unspecified atom stereocenters. The fourth-order valence-corrected chi connectivity index (χ4v) is 1.47. The number of hydrogen-bond donors (Lipinski definition) is 1. The molecule has 9 heteroatoms. The Balaban J connectivity index is 2.56. The van der Waals surface area contributed by atoms with Gasteiger partial charge < -0.3 is 10.5 Å². The molecule has 0 saturated carbocycles. The second-order valence-corrected chi connectivity index (χ2v) is 3.65. The van der Waals surface area contributed by atoms with E-state index in [-0.39, 0.29) is 22.2 Å². The number of imidazole rings is 1. The maximum absolute atomic E-state index is 5.74. The summed E-state index contributed by atoms with van der Waals surface area (Å²) in [6, 6.07) is 0.0996. The first-order chi connectivity index (χ1) is 8.11. The molecule has 0 bridgehead atoms. The van der Waals surface area contributed by atoms with E-state index in [4.69, 9.17) is 34.3 Å². The van der Waals surface area contributed by atoms with Crippen molar-refractivity contribution >= 4 is 28.8 Å². The molecule has 0 fully saturated rings. The Kier molecular flexibility index (Phi) is 3.16. The van der Waals surface area contributed by atoms with E-state index in [0.717, 1.165) is 0 Å². The summed E-state index contributed by atoms with van der Waals surface area (Å²) in [6.45, 7) is 0. The molecule has 2 aromatic heterocycles. The Morgan fingerprint density at radius 3 is 2.88 bits per heavy atom. The van der Waals surface area contributed by atoms with Gasteiger partial charge in [-0.05, 0) is 11.6 Å². The smallest absolute Gasteiger partial charge is 0.322 e. The molecule has 2 heterocycles. The second kappa shape index (κ2) is 4.60. The van der Waals surface area contributed by atoms with Gasteiger partial charge in [-0.25, -0.2) is 4.98 Å². The maximum Gasteiger partial charge on any atom is 0.322 e. The van der Waals surface area contributed by atoms with Gasteiger partial charge >= 0.3 is 6.01 Å². The zero-order valence-electron chi connectivity index (χ0n) is 8.66. The first-order valence-electron chi connectivity index (χ1n) is 4.41. The van der Waals surface area contributed by atoms with Crippen LogP contribution >= 0.6 is 23.8 Å². The quantitative estimate of drug-likeness (QED) is 0.805. The molecular weight excluding hydrogens is 264 g/mol. The topological polar surface area (TPSA) is 91.7 Å². The zero-order chi connectivity index (χ0) is 12.4. The summed E-state index contributed by atoms with van der Waals surface area (Å²) in [5.74, 6) is 0.603. The van der Waals surface area contributed by atoms with Gasteiger partial charge in [0.1, 0.15) is 4.99 Å². The maximum atomic E-state index is 5.74. The minimum absolute atomic E-state index is 0.00874. The third-order valence-corrected chi connectivity index (χ3v) is 2.19. The number of ether oxygens (including phenoxy) is 1. The van der Waals surface area contributed by atoms with Crippen LogP contribution in [0.15, 0.2) is 12.4 Å². The van der Waals surface area contributed by atoms with E-state index in [0.29, 0.717) is 5.82 Å². The van der Waals surface area contributed by atoms with Gasteiger partial charge in [-0.1, -0.05) is 12.2 Å². The van der Waals surface area contributed by atoms with Crippen molar-refractivity contribution in [1.29, 1.82) is 0 Å². The predicted molar refractivity (Wildman–Crippen MR) is 64.4 cm³/mol. The zero-order valence-corrected chi connectivity index (χ0v) is 10.2. The number of nitrogens with two attached hydrogens (primary N) is 1. The van der Waals surface area contributed by atoms with Gasteiger partial charge in [0.05, 0.1) is 7.11 Å². The molecule has 7 nitrogen and oxygen atoms in total. The lowest BCUT2D eigenvalue weighted by molar-refractivity contribution is 0.377. The Bertz CT molecular complexity index is 571. The van der Waals surface area contributed by atoms with Crippen LogP contribution in [0.4, 0.5) is 0 Å². The van der Waals surface area contributed by atoms with Gasteiger partial charge in [0.2, 0.25) is 11.2 Å². The van der Waals surface area contributed by atoms with Gasteiger partial charge in [0.25, 0.3) is 0 Å². The number of nitrogens with zero attached hydrogens (tertiary/aromatic N) is 5. The summed E-state index contributed by atoms with van der Waals surface area (Å²) in [7, 11) is 1.43. The van der Waals surface area contributed by atoms with Crippen LogP contribution in [0.1, 0.15) is 5.82 Å². The molecule has 0 aliphatic heterocycles. The highest BCUT2D eigenvalue weighted by molar-refractivity contribution is 7.80. The van der Waals surface area contributed by atoms with E-state index in [1.807, 2.05) is 0 Å². The van der Waals surface area contributed by atoms with Crippen molar-refractivity contribution in [3.05, 3.63) is 23.5 Å². The third-order valence-electron chi connectivity index (χ3n) is 1.83. The van der Waals surface area contributed by atoms with Crippen LogP contribution < -0.4 is 10.5 Å². The van der Waals surface area contributed by atoms with Gasteiger partial charge in [-0.15, -0.1) is 0 Å². The summed E-state index contributed by atoms with van der Waals surface area (Å²) in [6.07, 6.45) is 3.14. The number of hydrogen-bond acceptors (Lipinski definition) is 6. The van der Waals surface area contributed by atoms with Crippen molar-refractivity contribution in [3.63, 3.8) is 0 Å². The van der Waals surface area contributed by atoms with E-state index >= 15 is 0 Å². The Morgan fingerprint density at radius 1 is 1.47 bits per heavy atom. The number of aromatic nitrogens is 5. The van der Waals surface area contributed by atoms with E-state index < -0.39 is 0 Å². The molecule has 0 aliphatic carbocycles. The predicted octanol–water partition coefficient (Wildman–Crippen LogP) is 0.354. The van der Waals surface area contributed by atoms with Crippen LogP contribution in [0.3, 0.4) is 0 Å². The first kappa shape index (κ1) is 11.7. The Morgan fingerprint density at radius 2 is 2.24 bits per heavy atom. The van der Waals surface area contributed by atoms with Gasteiger partial charge in [-0.3, -0.25) is 4.57 Å². The molecule has 0 spiro atoms. The SMILES string of the molecule is COc1nc(Cl)nc(-n2ccnc2C(N)=S)n1. The molecule has 17 heavy (non-hydrogen) atoms. The van der Waals surface area contributed by atoms with Crippen molar-refractivity contribution in [1.82, 2.24) is 24.5 Å². The molecule has 0 radical (unpaired) electrons. The molecule has 2 rings (SSSR count). The number of halogens is 1. The summed E-state index contributed by atoms with van der Waals surface area (Å²) in [5.41, 5.74) is 5.52. The molecule has 0 amide bonds. The van der Waals surface area contributed by atoms with Crippen molar-refractivity contribution in [2.75, 3.05) is 7.11 Å². The molecule has 88 valence electrons. The average Bonchev–Trinajstić information content (AvgIpc) is 2.77. The third kappa shape index (κ3) is 2.32. The van der Waals surface area contributed by atoms with E-state index in [1.54, 1.807) is 6.20 Å². The monoisotopic (exact) mass is 270 g/mol. The summed E-state index contributed by atoms with van der Waals surface area (Å²) in [5, 5.41) is 0.00874. The normalized spacial score (nSPS) is 10.2. The highest BCUT2D eigenvalue weighted by Crippen LogP contribution is 2.12. The molecule has 0 aliphatic rings.